The van der Waals surface area contributed by atoms with Crippen LogP contribution in [0.2, 0.25) is 0 Å². The zero-order chi connectivity index (χ0) is 30.0. The normalized spacial score (nSPS) is 19.7. The van der Waals surface area contributed by atoms with Gasteiger partial charge in [-0.05, 0) is 47.4 Å². The van der Waals surface area contributed by atoms with E-state index >= 15 is 0 Å². The van der Waals surface area contributed by atoms with Crippen LogP contribution >= 0.6 is 0 Å². The summed E-state index contributed by atoms with van der Waals surface area (Å²) in [4.78, 5) is 43.8. The summed E-state index contributed by atoms with van der Waals surface area (Å²) in [6, 6.07) is 19.6. The SMILES string of the molecule is CN1CC(=O)N2[C@@H](Cc3ccc(O)cc3)C(=O)N(Cc3cccc(C(F)(F)F)c3)C[C@@H]2N1C(=O)CCc1ccccc1. The number of rotatable bonds is 7. The maximum atomic E-state index is 13.9. The number of halogens is 3. The van der Waals surface area contributed by atoms with Gasteiger partial charge in [-0.2, -0.15) is 13.2 Å². The molecule has 2 atom stereocenters. The van der Waals surface area contributed by atoms with Crippen LogP contribution in [0.15, 0.2) is 78.9 Å². The molecule has 0 aliphatic carbocycles. The number of phenols is 1. The highest BCUT2D eigenvalue weighted by atomic mass is 19.4. The number of likely N-dealkylation sites (N-methyl/N-ethyl adjacent to an activating group) is 1. The summed E-state index contributed by atoms with van der Waals surface area (Å²) in [5.74, 6) is -0.944. The van der Waals surface area contributed by atoms with Crippen LogP contribution in [0, 0.1) is 0 Å². The van der Waals surface area contributed by atoms with Crippen molar-refractivity contribution in [3.8, 4) is 5.75 Å². The number of carbonyl (C=O) groups excluding carboxylic acids is 3. The summed E-state index contributed by atoms with van der Waals surface area (Å²) in [5, 5.41) is 12.8. The molecule has 3 amide bonds. The molecule has 42 heavy (non-hydrogen) atoms. The lowest BCUT2D eigenvalue weighted by molar-refractivity contribution is -0.202. The van der Waals surface area contributed by atoms with Crippen molar-refractivity contribution in [2.45, 2.75) is 44.2 Å². The number of aryl methyl sites for hydroxylation is 1. The summed E-state index contributed by atoms with van der Waals surface area (Å²) in [5.41, 5.74) is 1.12. The Morgan fingerprint density at radius 1 is 0.929 bits per heavy atom. The lowest BCUT2D eigenvalue weighted by Crippen LogP contribution is -2.75. The summed E-state index contributed by atoms with van der Waals surface area (Å²) in [6.45, 7) is -0.294. The number of hydrazine groups is 1. The number of benzene rings is 3. The van der Waals surface area contributed by atoms with Crippen LogP contribution in [0.25, 0.3) is 0 Å². The molecule has 8 nitrogen and oxygen atoms in total. The highest BCUT2D eigenvalue weighted by molar-refractivity contribution is 5.91. The van der Waals surface area contributed by atoms with Crippen LogP contribution in [-0.4, -0.2) is 75.0 Å². The van der Waals surface area contributed by atoms with Crippen LogP contribution in [0.1, 0.15) is 28.7 Å². The quantitative estimate of drug-likeness (QED) is 0.459. The molecule has 0 saturated carbocycles. The minimum absolute atomic E-state index is 0.0450. The Labute approximate surface area is 241 Å². The number of hydrogen-bond acceptors (Lipinski definition) is 5. The van der Waals surface area contributed by atoms with Crippen molar-refractivity contribution < 1.29 is 32.7 Å². The molecule has 3 aromatic rings. The minimum atomic E-state index is -4.54. The van der Waals surface area contributed by atoms with E-state index in [0.717, 1.165) is 17.7 Å². The maximum absolute atomic E-state index is 13.9. The molecule has 2 fully saturated rings. The van der Waals surface area contributed by atoms with Gasteiger partial charge >= 0.3 is 6.18 Å². The van der Waals surface area contributed by atoms with E-state index in [-0.39, 0.29) is 55.6 Å². The van der Waals surface area contributed by atoms with Gasteiger partial charge in [0.25, 0.3) is 0 Å². The first-order chi connectivity index (χ1) is 20.0. The van der Waals surface area contributed by atoms with Gasteiger partial charge in [-0.1, -0.05) is 54.6 Å². The molecule has 0 spiro atoms. The van der Waals surface area contributed by atoms with Crippen molar-refractivity contribution in [3.05, 3.63) is 101 Å². The monoisotopic (exact) mass is 580 g/mol. The highest BCUT2D eigenvalue weighted by Gasteiger charge is 2.50. The number of carbonyl (C=O) groups is 3. The van der Waals surface area contributed by atoms with Gasteiger partial charge in [-0.3, -0.25) is 19.4 Å². The van der Waals surface area contributed by atoms with Gasteiger partial charge in [0, 0.05) is 26.4 Å². The lowest BCUT2D eigenvalue weighted by Gasteiger charge is -2.54. The van der Waals surface area contributed by atoms with Crippen LogP contribution in [0.4, 0.5) is 13.2 Å². The fraction of sp³-hybridized carbons (Fsp3) is 0.323. The Balaban J connectivity index is 1.47. The molecule has 11 heteroatoms. The summed E-state index contributed by atoms with van der Waals surface area (Å²) < 4.78 is 40.2. The number of amides is 3. The number of fused-ring (bicyclic) bond motifs is 1. The maximum Gasteiger partial charge on any atom is 0.416 e. The predicted molar refractivity (Wildman–Crippen MR) is 147 cm³/mol. The molecule has 1 N–H and O–H groups in total. The molecule has 3 aromatic carbocycles. The minimum Gasteiger partial charge on any atom is -0.508 e. The second-order valence-corrected chi connectivity index (χ2v) is 10.6. The van der Waals surface area contributed by atoms with Crippen molar-refractivity contribution in [2.24, 2.45) is 0 Å². The standard InChI is InChI=1S/C31H31F3N4O4/c1-35-20-29(41)37-26(17-22-10-13-25(39)14-11-22)30(42)36(18-23-8-5-9-24(16-23)31(32,33)34)19-27(37)38(35)28(40)15-12-21-6-3-2-4-7-21/h2-11,13-14,16,26-27,39H,12,15,17-20H2,1H3/t26-,27-/m0/s1. The van der Waals surface area contributed by atoms with E-state index in [1.165, 1.54) is 39.1 Å². The molecular formula is C31H31F3N4O4. The molecule has 220 valence electrons. The average Bonchev–Trinajstić information content (AvgIpc) is 2.95. The Morgan fingerprint density at radius 2 is 1.62 bits per heavy atom. The van der Waals surface area contributed by atoms with Crippen LogP contribution in [-0.2, 0) is 39.9 Å². The van der Waals surface area contributed by atoms with Crippen molar-refractivity contribution in [3.63, 3.8) is 0 Å². The fourth-order valence-corrected chi connectivity index (χ4v) is 5.65. The first kappa shape index (κ1) is 29.1. The van der Waals surface area contributed by atoms with E-state index in [1.807, 2.05) is 30.3 Å². The van der Waals surface area contributed by atoms with Gasteiger partial charge < -0.3 is 14.9 Å². The van der Waals surface area contributed by atoms with E-state index in [9.17, 15) is 32.7 Å². The predicted octanol–water partition coefficient (Wildman–Crippen LogP) is 3.84. The van der Waals surface area contributed by atoms with Crippen LogP contribution in [0.3, 0.4) is 0 Å². The Bertz CT molecular complexity index is 1450. The number of piperazine rings is 1. The second-order valence-electron chi connectivity index (χ2n) is 10.6. The average molecular weight is 581 g/mol. The highest BCUT2D eigenvalue weighted by Crippen LogP contribution is 2.32. The van der Waals surface area contributed by atoms with E-state index in [2.05, 4.69) is 0 Å². The van der Waals surface area contributed by atoms with Gasteiger partial charge in [0.2, 0.25) is 17.7 Å². The summed E-state index contributed by atoms with van der Waals surface area (Å²) >= 11 is 0. The van der Waals surface area contributed by atoms with Gasteiger partial charge in [-0.25, -0.2) is 5.01 Å². The van der Waals surface area contributed by atoms with Crippen molar-refractivity contribution in [1.82, 2.24) is 19.8 Å². The number of phenolic OH excluding ortho intramolecular Hbond substituents is 1. The molecule has 0 aromatic heterocycles. The van der Waals surface area contributed by atoms with Gasteiger partial charge in [-0.15, -0.1) is 0 Å². The molecule has 0 radical (unpaired) electrons. The van der Waals surface area contributed by atoms with Gasteiger partial charge in [0.05, 0.1) is 18.7 Å². The first-order valence-corrected chi connectivity index (χ1v) is 13.6. The Morgan fingerprint density at radius 3 is 2.31 bits per heavy atom. The third kappa shape index (κ3) is 6.25. The van der Waals surface area contributed by atoms with E-state index in [1.54, 1.807) is 24.2 Å². The molecule has 2 aliphatic heterocycles. The van der Waals surface area contributed by atoms with E-state index in [0.29, 0.717) is 12.0 Å². The number of hydrogen-bond donors (Lipinski definition) is 1. The fourth-order valence-electron chi connectivity index (χ4n) is 5.65. The first-order valence-electron chi connectivity index (χ1n) is 13.6. The van der Waals surface area contributed by atoms with Crippen molar-refractivity contribution in [1.29, 1.82) is 0 Å². The van der Waals surface area contributed by atoms with Crippen LogP contribution in [0.5, 0.6) is 5.75 Å². The number of aromatic hydroxyl groups is 1. The van der Waals surface area contributed by atoms with Gasteiger partial charge in [0.15, 0.2) is 0 Å². The summed E-state index contributed by atoms with van der Waals surface area (Å²) in [6.07, 6.45) is -4.63. The summed E-state index contributed by atoms with van der Waals surface area (Å²) in [7, 11) is 1.64. The third-order valence-electron chi connectivity index (χ3n) is 7.66. The lowest BCUT2D eigenvalue weighted by atomic mass is 9.98. The van der Waals surface area contributed by atoms with Crippen molar-refractivity contribution >= 4 is 17.7 Å². The zero-order valence-corrected chi connectivity index (χ0v) is 23.0. The molecule has 2 aliphatic rings. The number of alkyl halides is 3. The van der Waals surface area contributed by atoms with E-state index < -0.39 is 29.9 Å². The van der Waals surface area contributed by atoms with Gasteiger partial charge in [0.1, 0.15) is 18.0 Å². The van der Waals surface area contributed by atoms with E-state index in [4.69, 9.17) is 0 Å². The second kappa shape index (κ2) is 11.8. The Kier molecular flexibility index (Phi) is 8.22. The molecule has 0 unspecified atom stereocenters. The van der Waals surface area contributed by atoms with Crippen LogP contribution < -0.4 is 0 Å². The molecule has 2 heterocycles. The molecule has 0 bridgehead atoms. The molecule has 5 rings (SSSR count). The topological polar surface area (TPSA) is 84.4 Å². The smallest absolute Gasteiger partial charge is 0.416 e. The largest absolute Gasteiger partial charge is 0.508 e. The van der Waals surface area contributed by atoms with Crippen molar-refractivity contribution in [2.75, 3.05) is 20.1 Å². The number of nitrogens with zero attached hydrogens (tertiary/aromatic N) is 4. The molecule has 2 saturated heterocycles. The zero-order valence-electron chi connectivity index (χ0n) is 23.0. The molecular weight excluding hydrogens is 549 g/mol. The third-order valence-corrected chi connectivity index (χ3v) is 7.66. The Hall–Kier alpha value is -4.38.